The molecular weight excluding hydrogens is 429 g/mol. The normalized spacial score (nSPS) is 16.8. The quantitative estimate of drug-likeness (QED) is 0.515. The number of hydrogen-bond donors (Lipinski definition) is 0. The number of esters is 1. The molecule has 0 radical (unpaired) electrons. The molecule has 2 aromatic rings. The van der Waals surface area contributed by atoms with E-state index < -0.39 is 36.9 Å². The molecule has 0 saturated carbocycles. The fraction of sp³-hybridized carbons (Fsp3) is 0.353. The average molecular weight is 448 g/mol. The lowest BCUT2D eigenvalue weighted by molar-refractivity contribution is 0.0602. The van der Waals surface area contributed by atoms with Gasteiger partial charge >= 0.3 is 5.97 Å². The first kappa shape index (κ1) is 20.9. The number of hydrogen-bond acceptors (Lipinski definition) is 7. The molecule has 3 rings (SSSR count). The van der Waals surface area contributed by atoms with Crippen LogP contribution in [0.1, 0.15) is 22.5 Å². The summed E-state index contributed by atoms with van der Waals surface area (Å²) in [4.78, 5) is 11.7. The van der Waals surface area contributed by atoms with Gasteiger partial charge in [-0.3, -0.25) is 0 Å². The monoisotopic (exact) mass is 447 g/mol. The minimum Gasteiger partial charge on any atom is -0.465 e. The Kier molecular flexibility index (Phi) is 5.89. The van der Waals surface area contributed by atoms with Crippen molar-refractivity contribution in [1.82, 2.24) is 4.31 Å². The third kappa shape index (κ3) is 3.84. The van der Waals surface area contributed by atoms with Gasteiger partial charge in [-0.2, -0.15) is 4.31 Å². The highest BCUT2D eigenvalue weighted by atomic mass is 32.2. The van der Waals surface area contributed by atoms with Gasteiger partial charge in [0.2, 0.25) is 10.0 Å². The zero-order valence-electron chi connectivity index (χ0n) is 14.9. The second kappa shape index (κ2) is 7.90. The number of ether oxygens (including phenoxy) is 1. The summed E-state index contributed by atoms with van der Waals surface area (Å²) >= 11 is 0.969. The van der Waals surface area contributed by atoms with Crippen molar-refractivity contribution in [2.24, 2.45) is 0 Å². The molecule has 1 saturated heterocycles. The van der Waals surface area contributed by atoms with Crippen LogP contribution in [0.3, 0.4) is 0 Å². The zero-order valence-corrected chi connectivity index (χ0v) is 17.3. The van der Waals surface area contributed by atoms with Gasteiger partial charge in [-0.05, 0) is 48.6 Å². The van der Waals surface area contributed by atoms with Crippen LogP contribution in [0, 0.1) is 5.82 Å². The topological polar surface area (TPSA) is 97.8 Å². The van der Waals surface area contributed by atoms with Crippen molar-refractivity contribution in [3.8, 4) is 0 Å². The van der Waals surface area contributed by atoms with Crippen LogP contribution < -0.4 is 0 Å². The molecule has 152 valence electrons. The van der Waals surface area contributed by atoms with Gasteiger partial charge in [0.25, 0.3) is 0 Å². The minimum atomic E-state index is -3.95. The number of nitrogens with zero attached hydrogens (tertiary/aromatic N) is 1. The first-order chi connectivity index (χ1) is 13.2. The van der Waals surface area contributed by atoms with E-state index in [-0.39, 0.29) is 40.6 Å². The van der Waals surface area contributed by atoms with Gasteiger partial charge in [0.05, 0.1) is 17.3 Å². The molecule has 28 heavy (non-hydrogen) atoms. The lowest BCUT2D eigenvalue weighted by Gasteiger charge is -2.30. The second-order valence-corrected chi connectivity index (χ2v) is 11.3. The number of sulfonamides is 1. The van der Waals surface area contributed by atoms with Crippen LogP contribution in [0.4, 0.5) is 4.39 Å². The van der Waals surface area contributed by atoms with Crippen LogP contribution in [-0.4, -0.2) is 52.6 Å². The Balaban J connectivity index is 1.77. The summed E-state index contributed by atoms with van der Waals surface area (Å²) in [6.07, 6.45) is 0.216. The fourth-order valence-electron chi connectivity index (χ4n) is 3.08. The molecule has 0 amide bonds. The first-order valence-corrected chi connectivity index (χ1v) is 12.2. The highest BCUT2D eigenvalue weighted by Gasteiger charge is 2.37. The standard InChI is InChI=1S/C17H18FNO6S3/c1-25-17(20)16-15(8-11-26-16)28(23,24)19-9-6-14(7-10-19)27(21,22)13-4-2-12(18)3-5-13/h2-5,8,11,14H,6-7,9-10H2,1H3. The molecule has 0 aliphatic carbocycles. The molecule has 2 heterocycles. The predicted octanol–water partition coefficient (Wildman–Crippen LogP) is 2.30. The van der Waals surface area contributed by atoms with Crippen LogP contribution in [-0.2, 0) is 24.6 Å². The van der Waals surface area contributed by atoms with Gasteiger partial charge in [-0.15, -0.1) is 11.3 Å². The lowest BCUT2D eigenvalue weighted by atomic mass is 10.2. The number of thiophene rings is 1. The molecule has 0 spiro atoms. The van der Waals surface area contributed by atoms with Crippen molar-refractivity contribution in [2.75, 3.05) is 20.2 Å². The zero-order chi connectivity index (χ0) is 20.5. The average Bonchev–Trinajstić information content (AvgIpc) is 3.18. The van der Waals surface area contributed by atoms with E-state index in [0.717, 1.165) is 23.5 Å². The Labute approximate surface area is 166 Å². The molecule has 1 aliphatic heterocycles. The molecule has 1 aliphatic rings. The summed E-state index contributed by atoms with van der Waals surface area (Å²) in [5, 5.41) is 0.734. The number of halogens is 1. The van der Waals surface area contributed by atoms with E-state index in [1.165, 1.54) is 35.0 Å². The van der Waals surface area contributed by atoms with Crippen LogP contribution in [0.25, 0.3) is 0 Å². The first-order valence-electron chi connectivity index (χ1n) is 8.33. The summed E-state index contributed by atoms with van der Waals surface area (Å²) in [6.45, 7) is 0.00771. The molecule has 11 heteroatoms. The summed E-state index contributed by atoms with van der Waals surface area (Å²) in [5.74, 6) is -1.26. The van der Waals surface area contributed by atoms with Gasteiger partial charge < -0.3 is 4.74 Å². The van der Waals surface area contributed by atoms with Crippen molar-refractivity contribution in [2.45, 2.75) is 27.9 Å². The van der Waals surface area contributed by atoms with Crippen molar-refractivity contribution in [3.05, 3.63) is 46.4 Å². The minimum absolute atomic E-state index is 0.00385. The number of benzene rings is 1. The Hall–Kier alpha value is -1.82. The third-order valence-electron chi connectivity index (χ3n) is 4.60. The smallest absolute Gasteiger partial charge is 0.349 e. The fourth-order valence-corrected chi connectivity index (χ4v) is 7.59. The van der Waals surface area contributed by atoms with Crippen LogP contribution >= 0.6 is 11.3 Å². The molecular formula is C17H18FNO6S3. The van der Waals surface area contributed by atoms with Gasteiger partial charge in [-0.25, -0.2) is 26.0 Å². The van der Waals surface area contributed by atoms with Gasteiger partial charge in [0.1, 0.15) is 15.6 Å². The van der Waals surface area contributed by atoms with Gasteiger partial charge in [0, 0.05) is 13.1 Å². The van der Waals surface area contributed by atoms with E-state index in [2.05, 4.69) is 4.74 Å². The molecule has 1 aromatic heterocycles. The SMILES string of the molecule is COC(=O)c1sccc1S(=O)(=O)N1CCC(S(=O)(=O)c2ccc(F)cc2)CC1. The van der Waals surface area contributed by atoms with Crippen molar-refractivity contribution >= 4 is 37.2 Å². The molecule has 1 aromatic carbocycles. The van der Waals surface area contributed by atoms with Crippen LogP contribution in [0.2, 0.25) is 0 Å². The molecule has 0 atom stereocenters. The second-order valence-electron chi connectivity index (χ2n) is 6.21. The van der Waals surface area contributed by atoms with Crippen LogP contribution in [0.5, 0.6) is 0 Å². The van der Waals surface area contributed by atoms with E-state index in [9.17, 15) is 26.0 Å². The number of rotatable bonds is 5. The third-order valence-corrected chi connectivity index (χ3v) is 9.84. The van der Waals surface area contributed by atoms with Crippen molar-refractivity contribution < 1.29 is 30.8 Å². The Morgan fingerprint density at radius 2 is 1.71 bits per heavy atom. The predicted molar refractivity (Wildman–Crippen MR) is 101 cm³/mol. The lowest BCUT2D eigenvalue weighted by Crippen LogP contribution is -2.42. The molecule has 7 nitrogen and oxygen atoms in total. The molecule has 0 bridgehead atoms. The van der Waals surface area contributed by atoms with E-state index in [4.69, 9.17) is 0 Å². The van der Waals surface area contributed by atoms with Gasteiger partial charge in [0.15, 0.2) is 9.84 Å². The van der Waals surface area contributed by atoms with Gasteiger partial charge in [-0.1, -0.05) is 0 Å². The van der Waals surface area contributed by atoms with E-state index in [1.807, 2.05) is 0 Å². The molecule has 0 N–H and O–H groups in total. The maximum Gasteiger partial charge on any atom is 0.349 e. The molecule has 1 fully saturated rings. The Morgan fingerprint density at radius 1 is 1.11 bits per heavy atom. The number of piperidine rings is 1. The summed E-state index contributed by atoms with van der Waals surface area (Å²) < 4.78 is 70.1. The Bertz CT molecular complexity index is 1070. The van der Waals surface area contributed by atoms with E-state index >= 15 is 0 Å². The van der Waals surface area contributed by atoms with Crippen LogP contribution in [0.15, 0.2) is 45.5 Å². The summed E-state index contributed by atoms with van der Waals surface area (Å²) in [6, 6.07) is 5.92. The summed E-state index contributed by atoms with van der Waals surface area (Å²) in [5.41, 5.74) is 0. The number of methoxy groups -OCH3 is 1. The number of carbonyl (C=O) groups is 1. The maximum absolute atomic E-state index is 13.0. The number of sulfone groups is 1. The highest BCUT2D eigenvalue weighted by Crippen LogP contribution is 2.30. The van der Waals surface area contributed by atoms with E-state index in [1.54, 1.807) is 0 Å². The van der Waals surface area contributed by atoms with Crippen molar-refractivity contribution in [1.29, 1.82) is 0 Å². The van der Waals surface area contributed by atoms with Crippen molar-refractivity contribution in [3.63, 3.8) is 0 Å². The number of carbonyl (C=O) groups excluding carboxylic acids is 1. The maximum atomic E-state index is 13.0. The summed E-state index contributed by atoms with van der Waals surface area (Å²) in [7, 11) is -6.46. The largest absolute Gasteiger partial charge is 0.465 e. The van der Waals surface area contributed by atoms with E-state index in [0.29, 0.717) is 0 Å². The highest BCUT2D eigenvalue weighted by molar-refractivity contribution is 7.92. The molecule has 0 unspecified atom stereocenters. The Morgan fingerprint density at radius 3 is 2.29 bits per heavy atom.